The highest BCUT2D eigenvalue weighted by atomic mass is 79.9. The van der Waals surface area contributed by atoms with Gasteiger partial charge in [0.1, 0.15) is 18.9 Å². The van der Waals surface area contributed by atoms with Crippen LogP contribution in [-0.4, -0.2) is 34.4 Å². The summed E-state index contributed by atoms with van der Waals surface area (Å²) in [5.41, 5.74) is 1.83. The van der Waals surface area contributed by atoms with Gasteiger partial charge in [-0.1, -0.05) is 0 Å². The second-order valence-corrected chi connectivity index (χ2v) is 6.43. The first kappa shape index (κ1) is 20.2. The van der Waals surface area contributed by atoms with Gasteiger partial charge in [0.05, 0.1) is 25.9 Å². The highest BCUT2D eigenvalue weighted by Gasteiger charge is 2.08. The SMILES string of the molecule is C[n+]1ccn(CCN(CCO)c2ccc(N=Nc3nccs3)cc2)c1.[Br-]. The lowest BCUT2D eigenvalue weighted by Crippen LogP contribution is -3.00. The monoisotopic (exact) mass is 436 g/mol. The summed E-state index contributed by atoms with van der Waals surface area (Å²) in [4.78, 5) is 6.23. The van der Waals surface area contributed by atoms with Crippen LogP contribution < -0.4 is 26.4 Å². The summed E-state index contributed by atoms with van der Waals surface area (Å²) in [5, 5.41) is 20.2. The molecule has 0 unspecified atom stereocenters. The van der Waals surface area contributed by atoms with Crippen molar-refractivity contribution in [3.05, 3.63) is 54.6 Å². The molecular weight excluding hydrogens is 416 g/mol. The Morgan fingerprint density at radius 3 is 2.65 bits per heavy atom. The van der Waals surface area contributed by atoms with Gasteiger partial charge in [-0.25, -0.2) is 14.1 Å². The molecular formula is C17H21BrN6OS. The number of aromatic nitrogens is 3. The third-order valence-electron chi connectivity index (χ3n) is 3.71. The van der Waals surface area contributed by atoms with Gasteiger partial charge in [-0.3, -0.25) is 0 Å². The average Bonchev–Trinajstić information content (AvgIpc) is 3.29. The van der Waals surface area contributed by atoms with E-state index in [1.807, 2.05) is 60.0 Å². The smallest absolute Gasteiger partial charge is 0.243 e. The zero-order valence-corrected chi connectivity index (χ0v) is 16.8. The van der Waals surface area contributed by atoms with Crippen molar-refractivity contribution < 1.29 is 26.7 Å². The first-order chi connectivity index (χ1) is 12.2. The summed E-state index contributed by atoms with van der Waals surface area (Å²) < 4.78 is 4.14. The molecule has 0 radical (unpaired) electrons. The van der Waals surface area contributed by atoms with E-state index in [1.54, 1.807) is 6.20 Å². The van der Waals surface area contributed by atoms with Crippen molar-refractivity contribution in [2.24, 2.45) is 17.3 Å². The number of rotatable bonds is 8. The number of anilines is 1. The van der Waals surface area contributed by atoms with Crippen molar-refractivity contribution in [1.29, 1.82) is 0 Å². The van der Waals surface area contributed by atoms with Gasteiger partial charge in [-0.05, 0) is 24.3 Å². The highest BCUT2D eigenvalue weighted by molar-refractivity contribution is 7.13. The van der Waals surface area contributed by atoms with Crippen LogP contribution in [-0.2, 0) is 13.6 Å². The maximum atomic E-state index is 9.35. The molecule has 0 spiro atoms. The third kappa shape index (κ3) is 5.72. The number of thiazole rings is 1. The van der Waals surface area contributed by atoms with Crippen molar-refractivity contribution in [2.45, 2.75) is 6.54 Å². The molecule has 9 heteroatoms. The zero-order valence-electron chi connectivity index (χ0n) is 14.4. The number of nitrogens with zero attached hydrogens (tertiary/aromatic N) is 6. The van der Waals surface area contributed by atoms with Crippen molar-refractivity contribution in [2.75, 3.05) is 24.6 Å². The Hall–Kier alpha value is -2.10. The Morgan fingerprint density at radius 2 is 2.04 bits per heavy atom. The van der Waals surface area contributed by atoms with Crippen LogP contribution in [0, 0.1) is 0 Å². The molecule has 0 amide bonds. The fourth-order valence-corrected chi connectivity index (χ4v) is 2.91. The van der Waals surface area contributed by atoms with E-state index in [0.717, 1.165) is 24.5 Å². The Bertz CT molecular complexity index is 803. The summed E-state index contributed by atoms with van der Waals surface area (Å²) in [5.74, 6) is 0. The molecule has 1 N–H and O–H groups in total. The third-order valence-corrected chi connectivity index (χ3v) is 4.36. The number of aryl methyl sites for hydroxylation is 1. The number of halogens is 1. The fourth-order valence-electron chi connectivity index (χ4n) is 2.46. The summed E-state index contributed by atoms with van der Waals surface area (Å²) >= 11 is 1.45. The van der Waals surface area contributed by atoms with E-state index in [4.69, 9.17) is 0 Å². The topological polar surface area (TPSA) is 69.9 Å². The second-order valence-electron chi connectivity index (χ2n) is 5.56. The van der Waals surface area contributed by atoms with Gasteiger partial charge in [0, 0.05) is 23.8 Å². The molecule has 3 rings (SSSR count). The Balaban J connectivity index is 0.00000243. The van der Waals surface area contributed by atoms with Crippen LogP contribution in [0.4, 0.5) is 16.5 Å². The van der Waals surface area contributed by atoms with Crippen molar-refractivity contribution in [1.82, 2.24) is 9.55 Å². The number of aliphatic hydroxyl groups is 1. The molecule has 0 atom stereocenters. The fraction of sp³-hybridized carbons (Fsp3) is 0.294. The lowest BCUT2D eigenvalue weighted by molar-refractivity contribution is -0.671. The molecule has 0 aliphatic carbocycles. The largest absolute Gasteiger partial charge is 1.00 e. The molecule has 0 saturated heterocycles. The Labute approximate surface area is 167 Å². The average molecular weight is 437 g/mol. The van der Waals surface area contributed by atoms with Crippen LogP contribution in [0.5, 0.6) is 0 Å². The lowest BCUT2D eigenvalue weighted by Gasteiger charge is -2.23. The second kappa shape index (κ2) is 10.1. The van der Waals surface area contributed by atoms with Gasteiger partial charge < -0.3 is 27.0 Å². The van der Waals surface area contributed by atoms with Gasteiger partial charge in [-0.15, -0.1) is 21.6 Å². The maximum absolute atomic E-state index is 9.35. The standard InChI is InChI=1S/C17H21N6OS.BrH/c1-21-7-8-22(14-21)9-10-23(11-12-24)16-4-2-15(3-5-16)19-20-17-18-6-13-25-17;/h2-8,13-14,24H,9-12H2,1H3;1H/q+1;/p-1. The molecule has 3 aromatic rings. The van der Waals surface area contributed by atoms with E-state index in [9.17, 15) is 5.11 Å². The van der Waals surface area contributed by atoms with Gasteiger partial charge in [0.2, 0.25) is 11.5 Å². The van der Waals surface area contributed by atoms with E-state index in [-0.39, 0.29) is 23.6 Å². The normalized spacial score (nSPS) is 10.8. The van der Waals surface area contributed by atoms with Crippen LogP contribution in [0.2, 0.25) is 0 Å². The minimum absolute atomic E-state index is 0. The van der Waals surface area contributed by atoms with Crippen LogP contribution in [0.15, 0.2) is 64.8 Å². The minimum atomic E-state index is 0. The summed E-state index contributed by atoms with van der Waals surface area (Å²) in [6.45, 7) is 2.37. The molecule has 2 heterocycles. The number of imidazole rings is 1. The molecule has 0 fully saturated rings. The number of azo groups is 1. The molecule has 0 aliphatic rings. The van der Waals surface area contributed by atoms with Crippen LogP contribution in [0.1, 0.15) is 0 Å². The quantitative estimate of drug-likeness (QED) is 0.388. The van der Waals surface area contributed by atoms with Crippen LogP contribution >= 0.6 is 11.3 Å². The van der Waals surface area contributed by atoms with Gasteiger partial charge in [0.25, 0.3) is 0 Å². The van der Waals surface area contributed by atoms with Gasteiger partial charge >= 0.3 is 0 Å². The highest BCUT2D eigenvalue weighted by Crippen LogP contribution is 2.23. The molecule has 2 aromatic heterocycles. The molecule has 138 valence electrons. The summed E-state index contributed by atoms with van der Waals surface area (Å²) in [6, 6.07) is 7.85. The molecule has 7 nitrogen and oxygen atoms in total. The predicted octanol–water partition coefficient (Wildman–Crippen LogP) is -0.313. The van der Waals surface area contributed by atoms with E-state index in [0.29, 0.717) is 11.7 Å². The predicted molar refractivity (Wildman–Crippen MR) is 97.6 cm³/mol. The summed E-state index contributed by atoms with van der Waals surface area (Å²) in [6.07, 6.45) is 7.80. The minimum Gasteiger partial charge on any atom is -1.00 e. The van der Waals surface area contributed by atoms with E-state index in [2.05, 4.69) is 24.7 Å². The Morgan fingerprint density at radius 1 is 1.23 bits per heavy atom. The zero-order chi connectivity index (χ0) is 17.5. The van der Waals surface area contributed by atoms with Crippen molar-refractivity contribution >= 4 is 27.8 Å². The molecule has 1 aromatic carbocycles. The van der Waals surface area contributed by atoms with Crippen molar-refractivity contribution in [3.8, 4) is 0 Å². The maximum Gasteiger partial charge on any atom is 0.243 e. The number of hydrogen-bond donors (Lipinski definition) is 1. The van der Waals surface area contributed by atoms with E-state index in [1.165, 1.54) is 11.3 Å². The molecule has 0 bridgehead atoms. The number of aliphatic hydroxyl groups excluding tert-OH is 1. The van der Waals surface area contributed by atoms with E-state index < -0.39 is 0 Å². The molecule has 0 aliphatic heterocycles. The first-order valence-corrected chi connectivity index (χ1v) is 8.91. The molecule has 0 saturated carbocycles. The Kier molecular flexibility index (Phi) is 7.89. The van der Waals surface area contributed by atoms with Crippen molar-refractivity contribution in [3.63, 3.8) is 0 Å². The number of hydrogen-bond acceptors (Lipinski definition) is 6. The number of benzene rings is 1. The van der Waals surface area contributed by atoms with Gasteiger partial charge in [-0.2, -0.15) is 0 Å². The van der Waals surface area contributed by atoms with Crippen LogP contribution in [0.3, 0.4) is 0 Å². The van der Waals surface area contributed by atoms with Gasteiger partial charge in [0.15, 0.2) is 0 Å². The lowest BCUT2D eigenvalue weighted by atomic mass is 10.2. The summed E-state index contributed by atoms with van der Waals surface area (Å²) in [7, 11) is 2.00. The molecule has 26 heavy (non-hydrogen) atoms. The first-order valence-electron chi connectivity index (χ1n) is 8.03. The van der Waals surface area contributed by atoms with Crippen LogP contribution in [0.25, 0.3) is 0 Å². The van der Waals surface area contributed by atoms with E-state index >= 15 is 0 Å².